The number of nitrogens with one attached hydrogen (secondary N) is 1. The van der Waals surface area contributed by atoms with Crippen LogP contribution in [0.25, 0.3) is 0 Å². The zero-order valence-electron chi connectivity index (χ0n) is 11.0. The monoisotopic (exact) mass is 262 g/mol. The van der Waals surface area contributed by atoms with Crippen molar-refractivity contribution in [2.24, 2.45) is 0 Å². The van der Waals surface area contributed by atoms with Gasteiger partial charge in [-0.2, -0.15) is 0 Å². The van der Waals surface area contributed by atoms with Gasteiger partial charge in [-0.1, -0.05) is 18.9 Å². The van der Waals surface area contributed by atoms with Gasteiger partial charge in [0.25, 0.3) is 5.91 Å². The Balaban J connectivity index is 2.13. The molecule has 1 aliphatic carbocycles. The van der Waals surface area contributed by atoms with Gasteiger partial charge in [-0.15, -0.1) is 0 Å². The number of carbonyl (C=O) groups excluding carboxylic acids is 1. The summed E-state index contributed by atoms with van der Waals surface area (Å²) in [7, 11) is 0. The van der Waals surface area contributed by atoms with Crippen molar-refractivity contribution in [2.75, 3.05) is 0 Å². The number of aryl methyl sites for hydroxylation is 1. The lowest BCUT2D eigenvalue weighted by Crippen LogP contribution is -2.48. The Hall–Kier alpha value is -1.91. The molecular weight excluding hydrogens is 244 g/mol. The molecule has 0 spiro atoms. The number of aliphatic carboxylic acids is 1. The number of carbonyl (C=O) groups is 2. The van der Waals surface area contributed by atoms with Gasteiger partial charge in [0, 0.05) is 5.69 Å². The summed E-state index contributed by atoms with van der Waals surface area (Å²) >= 11 is 0. The van der Waals surface area contributed by atoms with E-state index in [9.17, 15) is 9.59 Å². The van der Waals surface area contributed by atoms with E-state index in [2.05, 4.69) is 10.3 Å². The van der Waals surface area contributed by atoms with Crippen LogP contribution in [0.3, 0.4) is 0 Å². The molecule has 1 amide bonds. The lowest BCUT2D eigenvalue weighted by atomic mass is 9.93. The van der Waals surface area contributed by atoms with Crippen molar-refractivity contribution < 1.29 is 14.7 Å². The molecule has 0 radical (unpaired) electrons. The number of nitrogens with zero attached hydrogens (tertiary/aromatic N) is 1. The lowest BCUT2D eigenvalue weighted by Gasteiger charge is -2.28. The number of carboxylic acids is 1. The average molecular weight is 262 g/mol. The summed E-state index contributed by atoms with van der Waals surface area (Å²) < 4.78 is 0. The summed E-state index contributed by atoms with van der Waals surface area (Å²) in [4.78, 5) is 27.3. The van der Waals surface area contributed by atoms with Gasteiger partial charge in [0.1, 0.15) is 5.69 Å². The first-order valence-corrected chi connectivity index (χ1v) is 6.49. The van der Waals surface area contributed by atoms with Crippen LogP contribution >= 0.6 is 0 Å². The van der Waals surface area contributed by atoms with E-state index in [-0.39, 0.29) is 12.3 Å². The summed E-state index contributed by atoms with van der Waals surface area (Å²) in [6.07, 6.45) is 3.32. The topological polar surface area (TPSA) is 79.3 Å². The quantitative estimate of drug-likeness (QED) is 0.868. The Labute approximate surface area is 112 Å². The molecular formula is C14H18N2O3. The second-order valence-electron chi connectivity index (χ2n) is 5.18. The maximum absolute atomic E-state index is 12.2. The van der Waals surface area contributed by atoms with Crippen molar-refractivity contribution in [3.8, 4) is 0 Å². The molecule has 5 nitrogen and oxygen atoms in total. The van der Waals surface area contributed by atoms with Gasteiger partial charge in [-0.3, -0.25) is 9.59 Å². The normalized spacial score (nSPS) is 17.1. The number of carboxylic acid groups (broad SMARTS) is 1. The number of pyridine rings is 1. The van der Waals surface area contributed by atoms with Crippen molar-refractivity contribution in [3.05, 3.63) is 29.6 Å². The van der Waals surface area contributed by atoms with Gasteiger partial charge < -0.3 is 10.4 Å². The van der Waals surface area contributed by atoms with Crippen LogP contribution in [-0.4, -0.2) is 27.5 Å². The molecule has 102 valence electrons. The number of hydrogen-bond acceptors (Lipinski definition) is 3. The Morgan fingerprint density at radius 2 is 2.05 bits per heavy atom. The fourth-order valence-corrected chi connectivity index (χ4v) is 2.66. The number of hydrogen-bond donors (Lipinski definition) is 2. The van der Waals surface area contributed by atoms with Crippen molar-refractivity contribution in [1.82, 2.24) is 10.3 Å². The molecule has 5 heteroatoms. The largest absolute Gasteiger partial charge is 0.481 e. The van der Waals surface area contributed by atoms with E-state index in [0.717, 1.165) is 31.4 Å². The summed E-state index contributed by atoms with van der Waals surface area (Å²) in [6.45, 7) is 1.82. The molecule has 0 bridgehead atoms. The molecule has 1 aromatic heterocycles. The minimum absolute atomic E-state index is 0.0233. The Morgan fingerprint density at radius 1 is 1.37 bits per heavy atom. The van der Waals surface area contributed by atoms with E-state index in [0.29, 0.717) is 5.69 Å². The van der Waals surface area contributed by atoms with Crippen LogP contribution in [0.4, 0.5) is 0 Å². The maximum Gasteiger partial charge on any atom is 0.305 e. The molecule has 0 aromatic carbocycles. The van der Waals surface area contributed by atoms with Crippen molar-refractivity contribution >= 4 is 11.9 Å². The van der Waals surface area contributed by atoms with Crippen molar-refractivity contribution in [2.45, 2.75) is 44.6 Å². The van der Waals surface area contributed by atoms with Gasteiger partial charge in [0.15, 0.2) is 0 Å². The molecule has 1 saturated carbocycles. The maximum atomic E-state index is 12.2. The van der Waals surface area contributed by atoms with Crippen LogP contribution in [0.5, 0.6) is 0 Å². The predicted molar refractivity (Wildman–Crippen MR) is 69.9 cm³/mol. The van der Waals surface area contributed by atoms with Gasteiger partial charge in [0.2, 0.25) is 0 Å². The summed E-state index contributed by atoms with van der Waals surface area (Å²) in [6, 6.07) is 5.24. The van der Waals surface area contributed by atoms with E-state index in [1.165, 1.54) is 0 Å². The molecule has 19 heavy (non-hydrogen) atoms. The molecule has 1 heterocycles. The zero-order chi connectivity index (χ0) is 13.9. The van der Waals surface area contributed by atoms with E-state index >= 15 is 0 Å². The van der Waals surface area contributed by atoms with Crippen LogP contribution in [0.2, 0.25) is 0 Å². The van der Waals surface area contributed by atoms with Gasteiger partial charge in [0.05, 0.1) is 12.0 Å². The molecule has 2 rings (SSSR count). The fraction of sp³-hybridized carbons (Fsp3) is 0.500. The highest BCUT2D eigenvalue weighted by Gasteiger charge is 2.37. The molecule has 2 N–H and O–H groups in total. The van der Waals surface area contributed by atoms with Gasteiger partial charge >= 0.3 is 5.97 Å². The van der Waals surface area contributed by atoms with Crippen molar-refractivity contribution in [3.63, 3.8) is 0 Å². The summed E-state index contributed by atoms with van der Waals surface area (Å²) in [5.41, 5.74) is 0.511. The van der Waals surface area contributed by atoms with Crippen LogP contribution in [-0.2, 0) is 4.79 Å². The first kappa shape index (κ1) is 13.5. The van der Waals surface area contributed by atoms with Crippen LogP contribution in [0.15, 0.2) is 18.2 Å². The first-order valence-electron chi connectivity index (χ1n) is 6.49. The highest BCUT2D eigenvalue weighted by Crippen LogP contribution is 2.32. The highest BCUT2D eigenvalue weighted by atomic mass is 16.4. The van der Waals surface area contributed by atoms with Gasteiger partial charge in [-0.25, -0.2) is 4.98 Å². The number of aromatic nitrogens is 1. The van der Waals surface area contributed by atoms with E-state index in [1.807, 2.05) is 13.0 Å². The fourth-order valence-electron chi connectivity index (χ4n) is 2.66. The third kappa shape index (κ3) is 3.30. The summed E-state index contributed by atoms with van der Waals surface area (Å²) in [5, 5.41) is 11.9. The second-order valence-corrected chi connectivity index (χ2v) is 5.18. The average Bonchev–Trinajstić information content (AvgIpc) is 2.76. The Kier molecular flexibility index (Phi) is 3.83. The molecule has 0 atom stereocenters. The van der Waals surface area contributed by atoms with Crippen LogP contribution in [0, 0.1) is 6.92 Å². The minimum Gasteiger partial charge on any atom is -0.481 e. The smallest absolute Gasteiger partial charge is 0.305 e. The van der Waals surface area contributed by atoms with Crippen LogP contribution in [0.1, 0.15) is 48.3 Å². The lowest BCUT2D eigenvalue weighted by molar-refractivity contribution is -0.138. The van der Waals surface area contributed by atoms with E-state index in [4.69, 9.17) is 5.11 Å². The summed E-state index contributed by atoms with van der Waals surface area (Å²) in [5.74, 6) is -1.16. The molecule has 1 aliphatic rings. The van der Waals surface area contributed by atoms with Crippen LogP contribution < -0.4 is 5.32 Å². The predicted octanol–water partition coefficient (Wildman–Crippen LogP) is 1.91. The zero-order valence-corrected chi connectivity index (χ0v) is 11.0. The molecule has 0 aliphatic heterocycles. The third-order valence-corrected chi connectivity index (χ3v) is 3.55. The highest BCUT2D eigenvalue weighted by molar-refractivity contribution is 5.93. The molecule has 1 fully saturated rings. The second kappa shape index (κ2) is 5.38. The van der Waals surface area contributed by atoms with E-state index < -0.39 is 11.5 Å². The number of rotatable bonds is 4. The number of amides is 1. The minimum atomic E-state index is -0.876. The Morgan fingerprint density at radius 3 is 2.63 bits per heavy atom. The first-order chi connectivity index (χ1) is 9.01. The SMILES string of the molecule is Cc1cccc(C(=O)NC2(CC(=O)O)CCCC2)n1. The molecule has 0 saturated heterocycles. The standard InChI is InChI=1S/C14H18N2O3/c1-10-5-4-6-11(15-10)13(19)16-14(9-12(17)18)7-2-3-8-14/h4-6H,2-3,7-9H2,1H3,(H,16,19)(H,17,18). The van der Waals surface area contributed by atoms with Crippen molar-refractivity contribution in [1.29, 1.82) is 0 Å². The van der Waals surface area contributed by atoms with E-state index in [1.54, 1.807) is 12.1 Å². The van der Waals surface area contributed by atoms with Gasteiger partial charge in [-0.05, 0) is 31.9 Å². The molecule has 0 unspecified atom stereocenters. The third-order valence-electron chi connectivity index (χ3n) is 3.55. The Bertz CT molecular complexity index is 493. The molecule has 1 aromatic rings.